The van der Waals surface area contributed by atoms with Crippen molar-refractivity contribution in [1.29, 1.82) is 0 Å². The van der Waals surface area contributed by atoms with E-state index in [1.807, 2.05) is 0 Å². The summed E-state index contributed by atoms with van der Waals surface area (Å²) in [7, 11) is -3.96. The molecule has 1 aliphatic rings. The minimum absolute atomic E-state index is 0.0789. The standard InChI is InChI=1S/C15H30O5Si2/c1-8-18-13(16)15(14(17)19-9-2)11-10-12(15)22(6,7)20-21(3,4)5/h12H,8-11H2,1-7H3. The van der Waals surface area contributed by atoms with Crippen LogP contribution in [-0.4, -0.2) is 41.8 Å². The quantitative estimate of drug-likeness (QED) is 0.402. The second-order valence-electron chi connectivity index (χ2n) is 7.32. The Balaban J connectivity index is 3.12. The largest absolute Gasteiger partial charge is 0.465 e. The fraction of sp³-hybridized carbons (Fsp3) is 0.867. The summed E-state index contributed by atoms with van der Waals surface area (Å²) in [5, 5.41) is 0. The molecule has 0 N–H and O–H groups in total. The van der Waals surface area contributed by atoms with Crippen molar-refractivity contribution in [3.8, 4) is 0 Å². The molecule has 1 unspecified atom stereocenters. The normalized spacial score (nSPS) is 21.0. The van der Waals surface area contributed by atoms with Gasteiger partial charge in [0.2, 0.25) is 0 Å². The Morgan fingerprint density at radius 3 is 1.73 bits per heavy atom. The van der Waals surface area contributed by atoms with Gasteiger partial charge in [-0.2, -0.15) is 0 Å². The highest BCUT2D eigenvalue weighted by atomic mass is 28.4. The molecular weight excluding hydrogens is 316 g/mol. The maximum atomic E-state index is 12.5. The molecule has 0 saturated heterocycles. The maximum Gasteiger partial charge on any atom is 0.323 e. The van der Waals surface area contributed by atoms with Crippen molar-refractivity contribution in [1.82, 2.24) is 0 Å². The lowest BCUT2D eigenvalue weighted by atomic mass is 9.68. The van der Waals surface area contributed by atoms with Crippen molar-refractivity contribution < 1.29 is 23.2 Å². The number of carbonyl (C=O) groups is 2. The third kappa shape index (κ3) is 3.80. The van der Waals surface area contributed by atoms with Crippen molar-refractivity contribution in [2.75, 3.05) is 13.2 Å². The van der Waals surface area contributed by atoms with Crippen molar-refractivity contribution in [3.05, 3.63) is 0 Å². The highest BCUT2D eigenvalue weighted by Crippen LogP contribution is 2.58. The smallest absolute Gasteiger partial charge is 0.323 e. The second kappa shape index (κ2) is 6.84. The number of rotatable bonds is 7. The first-order valence-corrected chi connectivity index (χ1v) is 14.4. The van der Waals surface area contributed by atoms with Crippen LogP contribution in [0.2, 0.25) is 38.3 Å². The average molecular weight is 347 g/mol. The fourth-order valence-electron chi connectivity index (χ4n) is 3.47. The summed E-state index contributed by atoms with van der Waals surface area (Å²) in [6.07, 6.45) is 1.32. The molecule has 5 nitrogen and oxygen atoms in total. The Morgan fingerprint density at radius 2 is 1.45 bits per heavy atom. The molecule has 1 fully saturated rings. The molecule has 0 radical (unpaired) electrons. The van der Waals surface area contributed by atoms with E-state index in [-0.39, 0.29) is 18.8 Å². The van der Waals surface area contributed by atoms with Gasteiger partial charge in [0.05, 0.1) is 13.2 Å². The molecule has 128 valence electrons. The molecule has 0 heterocycles. The topological polar surface area (TPSA) is 61.8 Å². The summed E-state index contributed by atoms with van der Waals surface area (Å²) in [5.41, 5.74) is -1.23. The summed E-state index contributed by atoms with van der Waals surface area (Å²) in [6, 6.07) is 0. The SMILES string of the molecule is CCOC(=O)C1(C(=O)OCC)CCC1[Si](C)(C)O[Si](C)(C)C. The molecule has 1 atom stereocenters. The van der Waals surface area contributed by atoms with Crippen LogP contribution in [-0.2, 0) is 23.2 Å². The molecule has 0 aliphatic heterocycles. The highest BCUT2D eigenvalue weighted by molar-refractivity contribution is 6.85. The van der Waals surface area contributed by atoms with Crippen molar-refractivity contribution in [3.63, 3.8) is 0 Å². The van der Waals surface area contributed by atoms with Gasteiger partial charge in [-0.3, -0.25) is 9.59 Å². The third-order valence-corrected chi connectivity index (χ3v) is 11.1. The molecule has 0 aromatic heterocycles. The van der Waals surface area contributed by atoms with Crippen LogP contribution >= 0.6 is 0 Å². The van der Waals surface area contributed by atoms with Crippen LogP contribution in [0.5, 0.6) is 0 Å². The summed E-state index contributed by atoms with van der Waals surface area (Å²) in [5.74, 6) is -0.881. The predicted octanol–water partition coefficient (Wildman–Crippen LogP) is 3.32. The van der Waals surface area contributed by atoms with Gasteiger partial charge in [-0.1, -0.05) is 0 Å². The van der Waals surface area contributed by atoms with Crippen molar-refractivity contribution in [2.45, 2.75) is 65.0 Å². The van der Waals surface area contributed by atoms with E-state index < -0.39 is 34.0 Å². The molecule has 1 aliphatic carbocycles. The van der Waals surface area contributed by atoms with E-state index in [1.165, 1.54) is 0 Å². The van der Waals surface area contributed by atoms with Crippen LogP contribution in [0.1, 0.15) is 26.7 Å². The average Bonchev–Trinajstić information content (AvgIpc) is 2.24. The fourth-order valence-corrected chi connectivity index (χ4v) is 12.8. The highest BCUT2D eigenvalue weighted by Gasteiger charge is 2.66. The number of hydrogen-bond donors (Lipinski definition) is 0. The first kappa shape index (κ1) is 19.4. The number of hydrogen-bond acceptors (Lipinski definition) is 5. The van der Waals surface area contributed by atoms with Gasteiger partial charge in [0, 0.05) is 5.54 Å². The Labute approximate surface area is 136 Å². The van der Waals surface area contributed by atoms with E-state index in [0.29, 0.717) is 6.42 Å². The van der Waals surface area contributed by atoms with Gasteiger partial charge < -0.3 is 13.6 Å². The minimum Gasteiger partial charge on any atom is -0.465 e. The molecule has 1 rings (SSSR count). The van der Waals surface area contributed by atoms with Crippen LogP contribution in [0.15, 0.2) is 0 Å². The van der Waals surface area contributed by atoms with E-state index >= 15 is 0 Å². The third-order valence-electron chi connectivity index (χ3n) is 4.11. The Hall–Kier alpha value is -0.666. The van der Waals surface area contributed by atoms with E-state index in [0.717, 1.165) is 6.42 Å². The van der Waals surface area contributed by atoms with Crippen LogP contribution in [0.25, 0.3) is 0 Å². The Morgan fingerprint density at radius 1 is 1.00 bits per heavy atom. The lowest BCUT2D eigenvalue weighted by molar-refractivity contribution is -0.179. The monoisotopic (exact) mass is 346 g/mol. The van der Waals surface area contributed by atoms with E-state index in [1.54, 1.807) is 13.8 Å². The molecule has 0 aromatic rings. The lowest BCUT2D eigenvalue weighted by Gasteiger charge is -2.52. The molecule has 7 heteroatoms. The van der Waals surface area contributed by atoms with Gasteiger partial charge in [-0.15, -0.1) is 0 Å². The molecule has 0 aromatic carbocycles. The lowest BCUT2D eigenvalue weighted by Crippen LogP contribution is -2.61. The van der Waals surface area contributed by atoms with Gasteiger partial charge in [-0.25, -0.2) is 0 Å². The minimum atomic E-state index is -2.21. The van der Waals surface area contributed by atoms with Crippen LogP contribution in [0, 0.1) is 5.41 Å². The summed E-state index contributed by atoms with van der Waals surface area (Å²) >= 11 is 0. The summed E-state index contributed by atoms with van der Waals surface area (Å²) in [6.45, 7) is 14.7. The van der Waals surface area contributed by atoms with Crippen LogP contribution < -0.4 is 0 Å². The van der Waals surface area contributed by atoms with Gasteiger partial charge in [-0.05, 0) is 59.4 Å². The van der Waals surface area contributed by atoms with Gasteiger partial charge >= 0.3 is 11.9 Å². The molecule has 1 saturated carbocycles. The van der Waals surface area contributed by atoms with E-state index in [9.17, 15) is 9.59 Å². The zero-order valence-corrected chi connectivity index (χ0v) is 16.9. The first-order valence-electron chi connectivity index (χ1n) is 8.06. The zero-order valence-electron chi connectivity index (χ0n) is 14.9. The molecule has 0 spiro atoms. The number of ether oxygens (including phenoxy) is 2. The van der Waals surface area contributed by atoms with E-state index in [4.69, 9.17) is 13.6 Å². The van der Waals surface area contributed by atoms with E-state index in [2.05, 4.69) is 32.7 Å². The summed E-state index contributed by atoms with van der Waals surface area (Å²) in [4.78, 5) is 25.1. The Kier molecular flexibility index (Phi) is 6.03. The molecule has 22 heavy (non-hydrogen) atoms. The molecule has 0 bridgehead atoms. The predicted molar refractivity (Wildman–Crippen MR) is 90.6 cm³/mol. The van der Waals surface area contributed by atoms with Crippen molar-refractivity contribution >= 4 is 28.6 Å². The number of carbonyl (C=O) groups excluding carboxylic acids is 2. The second-order valence-corrected chi connectivity index (χ2v) is 16.3. The van der Waals surface area contributed by atoms with Crippen LogP contribution in [0.4, 0.5) is 0 Å². The molecule has 0 amide bonds. The zero-order chi connectivity index (χ0) is 17.2. The van der Waals surface area contributed by atoms with Gasteiger partial charge in [0.15, 0.2) is 22.0 Å². The molecular formula is C15H30O5Si2. The maximum absolute atomic E-state index is 12.5. The van der Waals surface area contributed by atoms with Gasteiger partial charge in [0.25, 0.3) is 0 Å². The number of esters is 2. The van der Waals surface area contributed by atoms with Crippen LogP contribution in [0.3, 0.4) is 0 Å². The summed E-state index contributed by atoms with van der Waals surface area (Å²) < 4.78 is 16.8. The first-order chi connectivity index (χ1) is 10.0. The Bertz CT molecular complexity index is 410. The van der Waals surface area contributed by atoms with Gasteiger partial charge in [0.1, 0.15) is 0 Å². The van der Waals surface area contributed by atoms with Crippen molar-refractivity contribution in [2.24, 2.45) is 5.41 Å².